The summed E-state index contributed by atoms with van der Waals surface area (Å²) in [4.78, 5) is 27.0. The summed E-state index contributed by atoms with van der Waals surface area (Å²) in [7, 11) is 0. The molecular formula is C16H15N3O3S. The normalized spacial score (nSPS) is 16.5. The summed E-state index contributed by atoms with van der Waals surface area (Å²) in [6.45, 7) is 1.55. The van der Waals surface area contributed by atoms with Crippen molar-refractivity contribution in [3.8, 4) is 0 Å². The number of carbonyl (C=O) groups is 1. The highest BCUT2D eigenvalue weighted by atomic mass is 32.2. The van der Waals surface area contributed by atoms with Gasteiger partial charge in [-0.3, -0.25) is 14.9 Å². The lowest BCUT2D eigenvalue weighted by Crippen LogP contribution is -2.23. The molecule has 0 fully saturated rings. The summed E-state index contributed by atoms with van der Waals surface area (Å²) in [6.07, 6.45) is 0.958. The molecule has 0 saturated carbocycles. The number of amides is 1. The lowest BCUT2D eigenvalue weighted by atomic mass is 10.0. The van der Waals surface area contributed by atoms with Crippen LogP contribution in [-0.2, 0) is 11.2 Å². The largest absolute Gasteiger partial charge is 0.309 e. The van der Waals surface area contributed by atoms with E-state index in [-0.39, 0.29) is 22.5 Å². The molecule has 23 heavy (non-hydrogen) atoms. The first kappa shape index (κ1) is 15.5. The van der Waals surface area contributed by atoms with Crippen LogP contribution in [0.15, 0.2) is 36.4 Å². The molecule has 6 nitrogen and oxygen atoms in total. The first-order chi connectivity index (χ1) is 11.1. The number of pyridine rings is 1. The number of nitrogens with one attached hydrogen (secondary N) is 1. The monoisotopic (exact) mass is 329 g/mol. The first-order valence-corrected chi connectivity index (χ1v) is 8.23. The standard InChI is InChI=1S/C16H15N3O3S/c1-10-13(19(21)22)6-7-14(17-10)18-16(20)15-12-5-3-2-4-11(12)8-9-23-15/h2-7,15H,8-9H2,1H3,(H,17,18,20)/t15-/m1/s1. The quantitative estimate of drug-likeness (QED) is 0.690. The van der Waals surface area contributed by atoms with Gasteiger partial charge in [0, 0.05) is 6.07 Å². The number of carbonyl (C=O) groups excluding carboxylic acids is 1. The Bertz CT molecular complexity index is 779. The van der Waals surface area contributed by atoms with Crippen molar-refractivity contribution in [2.45, 2.75) is 18.6 Å². The Labute approximate surface area is 137 Å². The molecule has 2 heterocycles. The van der Waals surface area contributed by atoms with Crippen molar-refractivity contribution in [2.24, 2.45) is 0 Å². The van der Waals surface area contributed by atoms with E-state index < -0.39 is 4.92 Å². The van der Waals surface area contributed by atoms with Crippen LogP contribution in [0.1, 0.15) is 22.1 Å². The van der Waals surface area contributed by atoms with Crippen LogP contribution in [0.4, 0.5) is 11.5 Å². The van der Waals surface area contributed by atoms with Gasteiger partial charge >= 0.3 is 0 Å². The van der Waals surface area contributed by atoms with E-state index in [0.717, 1.165) is 17.7 Å². The molecule has 0 unspecified atom stereocenters. The molecule has 3 rings (SSSR count). The zero-order chi connectivity index (χ0) is 16.4. The molecule has 118 valence electrons. The van der Waals surface area contributed by atoms with E-state index in [1.165, 1.54) is 17.7 Å². The maximum absolute atomic E-state index is 12.6. The second-order valence-electron chi connectivity index (χ2n) is 5.25. The van der Waals surface area contributed by atoms with Crippen LogP contribution in [-0.4, -0.2) is 21.6 Å². The molecule has 0 saturated heterocycles. The lowest BCUT2D eigenvalue weighted by molar-refractivity contribution is -0.385. The number of nitro groups is 1. The number of nitrogens with zero attached hydrogens (tertiary/aromatic N) is 2. The second-order valence-corrected chi connectivity index (χ2v) is 6.46. The number of aryl methyl sites for hydroxylation is 2. The van der Waals surface area contributed by atoms with Gasteiger partial charge in [0.25, 0.3) is 5.69 Å². The highest BCUT2D eigenvalue weighted by Crippen LogP contribution is 2.37. The Morgan fingerprint density at radius 3 is 2.87 bits per heavy atom. The minimum atomic E-state index is -0.485. The Morgan fingerprint density at radius 1 is 1.35 bits per heavy atom. The molecule has 0 spiro atoms. The lowest BCUT2D eigenvalue weighted by Gasteiger charge is -2.24. The van der Waals surface area contributed by atoms with Crippen molar-refractivity contribution in [3.05, 3.63) is 63.3 Å². The van der Waals surface area contributed by atoms with Gasteiger partial charge in [-0.15, -0.1) is 11.8 Å². The molecule has 0 aliphatic carbocycles. The third kappa shape index (κ3) is 3.19. The molecule has 2 aromatic rings. The van der Waals surface area contributed by atoms with Crippen molar-refractivity contribution >= 4 is 29.2 Å². The summed E-state index contributed by atoms with van der Waals surface area (Å²) in [6, 6.07) is 10.7. The number of aromatic nitrogens is 1. The minimum absolute atomic E-state index is 0.0552. The first-order valence-electron chi connectivity index (χ1n) is 7.18. The van der Waals surface area contributed by atoms with Crippen LogP contribution in [0.3, 0.4) is 0 Å². The zero-order valence-electron chi connectivity index (χ0n) is 12.5. The molecule has 0 bridgehead atoms. The van der Waals surface area contributed by atoms with Crippen molar-refractivity contribution in [1.82, 2.24) is 4.98 Å². The van der Waals surface area contributed by atoms with E-state index in [9.17, 15) is 14.9 Å². The number of hydrogen-bond donors (Lipinski definition) is 1. The number of anilines is 1. The van der Waals surface area contributed by atoms with Crippen LogP contribution in [0.2, 0.25) is 0 Å². The van der Waals surface area contributed by atoms with Gasteiger partial charge in [-0.1, -0.05) is 24.3 Å². The van der Waals surface area contributed by atoms with Gasteiger partial charge in [0.15, 0.2) is 0 Å². The molecule has 1 amide bonds. The highest BCUT2D eigenvalue weighted by molar-refractivity contribution is 8.00. The maximum Gasteiger partial charge on any atom is 0.290 e. The Balaban J connectivity index is 1.80. The minimum Gasteiger partial charge on any atom is -0.309 e. The summed E-state index contributed by atoms with van der Waals surface area (Å²) >= 11 is 1.60. The predicted molar refractivity (Wildman–Crippen MR) is 89.6 cm³/mol. The SMILES string of the molecule is Cc1nc(NC(=O)[C@@H]2SCCc3ccccc32)ccc1[N+](=O)[O-]. The molecule has 1 aliphatic heterocycles. The smallest absolute Gasteiger partial charge is 0.290 e. The average Bonchev–Trinajstić information content (AvgIpc) is 2.54. The summed E-state index contributed by atoms with van der Waals surface area (Å²) in [5.41, 5.74) is 2.45. The van der Waals surface area contributed by atoms with Gasteiger partial charge in [0.05, 0.1) is 4.92 Å². The van der Waals surface area contributed by atoms with Gasteiger partial charge < -0.3 is 5.32 Å². The number of thioether (sulfide) groups is 1. The van der Waals surface area contributed by atoms with Crippen molar-refractivity contribution in [1.29, 1.82) is 0 Å². The van der Waals surface area contributed by atoms with E-state index in [1.54, 1.807) is 18.7 Å². The van der Waals surface area contributed by atoms with Crippen LogP contribution in [0.25, 0.3) is 0 Å². The van der Waals surface area contributed by atoms with Gasteiger partial charge in [-0.2, -0.15) is 0 Å². The summed E-state index contributed by atoms with van der Waals surface area (Å²) in [5, 5.41) is 13.3. The van der Waals surface area contributed by atoms with E-state index in [2.05, 4.69) is 10.3 Å². The molecule has 7 heteroatoms. The second kappa shape index (κ2) is 6.37. The molecule has 1 aliphatic rings. The van der Waals surface area contributed by atoms with Gasteiger partial charge in [-0.05, 0) is 36.3 Å². The highest BCUT2D eigenvalue weighted by Gasteiger charge is 2.27. The Morgan fingerprint density at radius 2 is 2.13 bits per heavy atom. The fourth-order valence-electron chi connectivity index (χ4n) is 2.62. The Hall–Kier alpha value is -2.41. The van der Waals surface area contributed by atoms with Gasteiger partial charge in [-0.25, -0.2) is 4.98 Å². The van der Waals surface area contributed by atoms with Crippen LogP contribution in [0.5, 0.6) is 0 Å². The average molecular weight is 329 g/mol. The third-order valence-electron chi connectivity index (χ3n) is 3.74. The van der Waals surface area contributed by atoms with Gasteiger partial charge in [0.2, 0.25) is 5.91 Å². The third-order valence-corrected chi connectivity index (χ3v) is 4.98. The summed E-state index contributed by atoms with van der Waals surface area (Å²) in [5.74, 6) is 1.08. The number of hydrogen-bond acceptors (Lipinski definition) is 5. The van der Waals surface area contributed by atoms with Crippen molar-refractivity contribution < 1.29 is 9.72 Å². The summed E-state index contributed by atoms with van der Waals surface area (Å²) < 4.78 is 0. The van der Waals surface area contributed by atoms with E-state index in [4.69, 9.17) is 0 Å². The van der Waals surface area contributed by atoms with E-state index in [1.807, 2.05) is 24.3 Å². The topological polar surface area (TPSA) is 85.1 Å². The molecular weight excluding hydrogens is 314 g/mol. The fraction of sp³-hybridized carbons (Fsp3) is 0.250. The van der Waals surface area contributed by atoms with Crippen molar-refractivity contribution in [3.63, 3.8) is 0 Å². The van der Waals surface area contributed by atoms with Crippen LogP contribution in [0, 0.1) is 17.0 Å². The molecule has 1 aromatic heterocycles. The molecule has 1 atom stereocenters. The maximum atomic E-state index is 12.6. The fourth-order valence-corrected chi connectivity index (χ4v) is 3.81. The Kier molecular flexibility index (Phi) is 4.29. The van der Waals surface area contributed by atoms with Crippen molar-refractivity contribution in [2.75, 3.05) is 11.1 Å². The number of benzene rings is 1. The number of fused-ring (bicyclic) bond motifs is 1. The number of rotatable bonds is 3. The van der Waals surface area contributed by atoms with E-state index in [0.29, 0.717) is 5.82 Å². The zero-order valence-corrected chi connectivity index (χ0v) is 13.3. The van der Waals surface area contributed by atoms with Crippen LogP contribution >= 0.6 is 11.8 Å². The molecule has 1 N–H and O–H groups in total. The van der Waals surface area contributed by atoms with Crippen LogP contribution < -0.4 is 5.32 Å². The van der Waals surface area contributed by atoms with Gasteiger partial charge in [0.1, 0.15) is 16.8 Å². The van der Waals surface area contributed by atoms with E-state index >= 15 is 0 Å². The predicted octanol–water partition coefficient (Wildman–Crippen LogP) is 3.27. The molecule has 0 radical (unpaired) electrons. The molecule has 1 aromatic carbocycles.